The molecule has 4 aromatic rings. The molecule has 6 nitrogen and oxygen atoms in total. The number of hydrogen-bond acceptors (Lipinski definition) is 5. The number of aromatic nitrogens is 1. The van der Waals surface area contributed by atoms with Gasteiger partial charge in [-0.15, -0.1) is 0 Å². The molecule has 7 heteroatoms. The number of halogens is 1. The molecule has 2 heterocycles. The number of methoxy groups -OCH3 is 1. The summed E-state index contributed by atoms with van der Waals surface area (Å²) >= 11 is 3.36. The van der Waals surface area contributed by atoms with Gasteiger partial charge in [0.05, 0.1) is 12.7 Å². The van der Waals surface area contributed by atoms with E-state index in [0.29, 0.717) is 28.2 Å². The Morgan fingerprint density at radius 3 is 2.63 bits per heavy atom. The van der Waals surface area contributed by atoms with Crippen molar-refractivity contribution in [3.05, 3.63) is 93.3 Å². The Balaban J connectivity index is 1.40. The molecule has 3 aromatic carbocycles. The van der Waals surface area contributed by atoms with Crippen LogP contribution >= 0.6 is 15.9 Å². The van der Waals surface area contributed by atoms with E-state index in [9.17, 15) is 9.59 Å². The lowest BCUT2D eigenvalue weighted by atomic mass is 10.1. The predicted octanol–water partition coefficient (Wildman–Crippen LogP) is 6.14. The molecule has 0 aliphatic carbocycles. The monoisotopic (exact) mass is 531 g/mol. The lowest BCUT2D eigenvalue weighted by Crippen LogP contribution is -2.12. The zero-order valence-electron chi connectivity index (χ0n) is 19.4. The minimum atomic E-state index is -0.194. The van der Waals surface area contributed by atoms with Crippen molar-refractivity contribution < 1.29 is 23.8 Å². The molecule has 1 aliphatic rings. The highest BCUT2D eigenvalue weighted by molar-refractivity contribution is 9.10. The van der Waals surface area contributed by atoms with E-state index < -0.39 is 0 Å². The molecule has 1 aliphatic heterocycles. The zero-order chi connectivity index (χ0) is 24.7. The van der Waals surface area contributed by atoms with Crippen LogP contribution in [0.1, 0.15) is 31.8 Å². The summed E-state index contributed by atoms with van der Waals surface area (Å²) in [4.78, 5) is 25.6. The van der Waals surface area contributed by atoms with Gasteiger partial charge in [0.25, 0.3) is 0 Å². The minimum Gasteiger partial charge on any atom is -0.497 e. The number of rotatable bonds is 6. The fourth-order valence-corrected chi connectivity index (χ4v) is 4.44. The molecule has 176 valence electrons. The van der Waals surface area contributed by atoms with E-state index >= 15 is 0 Å². The predicted molar refractivity (Wildman–Crippen MR) is 138 cm³/mol. The number of allylic oxidation sites excluding steroid dienone is 1. The summed E-state index contributed by atoms with van der Waals surface area (Å²) in [5, 5.41) is 0.957. The molecule has 0 amide bonds. The number of nitrogens with zero attached hydrogens (tertiary/aromatic N) is 1. The molecule has 0 saturated carbocycles. The van der Waals surface area contributed by atoms with Crippen LogP contribution in [0.25, 0.3) is 17.0 Å². The number of ketones is 2. The molecule has 0 atom stereocenters. The first kappa shape index (κ1) is 22.9. The van der Waals surface area contributed by atoms with Crippen molar-refractivity contribution in [3.8, 4) is 17.2 Å². The number of aryl methyl sites for hydroxylation is 1. The van der Waals surface area contributed by atoms with Crippen LogP contribution in [0, 0.1) is 6.92 Å². The third-order valence-electron chi connectivity index (χ3n) is 6.08. The second-order valence-corrected chi connectivity index (χ2v) is 9.22. The maximum Gasteiger partial charge on any atom is 0.231 e. The van der Waals surface area contributed by atoms with Gasteiger partial charge in [-0.05, 0) is 55.5 Å². The van der Waals surface area contributed by atoms with Crippen LogP contribution in [0.5, 0.6) is 17.2 Å². The van der Waals surface area contributed by atoms with Gasteiger partial charge in [0, 0.05) is 45.3 Å². The van der Waals surface area contributed by atoms with E-state index in [-0.39, 0.29) is 23.9 Å². The highest BCUT2D eigenvalue weighted by atomic mass is 79.9. The van der Waals surface area contributed by atoms with E-state index in [2.05, 4.69) is 15.9 Å². The fraction of sp³-hybridized carbons (Fsp3) is 0.143. The molecule has 0 bridgehead atoms. The number of carbonyl (C=O) groups is 2. The highest BCUT2D eigenvalue weighted by Crippen LogP contribution is 2.40. The Labute approximate surface area is 210 Å². The third-order valence-corrected chi connectivity index (χ3v) is 6.60. The molecule has 0 saturated heterocycles. The summed E-state index contributed by atoms with van der Waals surface area (Å²) in [6, 6.07) is 16.3. The van der Waals surface area contributed by atoms with Crippen LogP contribution in [0.3, 0.4) is 0 Å². The van der Waals surface area contributed by atoms with Gasteiger partial charge in [-0.3, -0.25) is 9.59 Å². The average Bonchev–Trinajstić information content (AvgIpc) is 3.35. The summed E-state index contributed by atoms with van der Waals surface area (Å²) in [5.41, 5.74) is 3.57. The molecule has 0 fully saturated rings. The van der Waals surface area contributed by atoms with Crippen molar-refractivity contribution in [3.63, 3.8) is 0 Å². The van der Waals surface area contributed by atoms with Gasteiger partial charge in [0.15, 0.2) is 18.1 Å². The van der Waals surface area contributed by atoms with Crippen molar-refractivity contribution in [2.24, 2.45) is 7.05 Å². The smallest absolute Gasteiger partial charge is 0.231 e. The van der Waals surface area contributed by atoms with Crippen LogP contribution in [-0.2, 0) is 7.05 Å². The minimum absolute atomic E-state index is 0.115. The maximum atomic E-state index is 13.1. The highest BCUT2D eigenvalue weighted by Gasteiger charge is 2.30. The number of hydrogen-bond donors (Lipinski definition) is 0. The summed E-state index contributed by atoms with van der Waals surface area (Å²) < 4.78 is 20.1. The largest absolute Gasteiger partial charge is 0.497 e. The molecule has 0 unspecified atom stereocenters. The first-order valence-corrected chi connectivity index (χ1v) is 11.8. The molecule has 35 heavy (non-hydrogen) atoms. The van der Waals surface area contributed by atoms with Crippen LogP contribution in [0.4, 0.5) is 0 Å². The van der Waals surface area contributed by atoms with Gasteiger partial charge < -0.3 is 18.8 Å². The van der Waals surface area contributed by atoms with Crippen LogP contribution in [0.15, 0.2) is 71.0 Å². The van der Waals surface area contributed by atoms with Crippen molar-refractivity contribution >= 4 is 44.5 Å². The van der Waals surface area contributed by atoms with Crippen LogP contribution in [-0.4, -0.2) is 29.9 Å². The topological polar surface area (TPSA) is 66.8 Å². The van der Waals surface area contributed by atoms with Gasteiger partial charge >= 0.3 is 0 Å². The van der Waals surface area contributed by atoms with Crippen molar-refractivity contribution in [1.29, 1.82) is 0 Å². The second kappa shape index (κ2) is 9.07. The third kappa shape index (κ3) is 4.23. The molecule has 5 rings (SSSR count). The average molecular weight is 532 g/mol. The van der Waals surface area contributed by atoms with E-state index in [1.165, 1.54) is 0 Å². The Morgan fingerprint density at radius 2 is 1.89 bits per heavy atom. The number of ether oxygens (including phenoxy) is 3. The number of benzene rings is 3. The summed E-state index contributed by atoms with van der Waals surface area (Å²) in [7, 11) is 3.57. The SMILES string of the molecule is COc1ccc2c(c1)c(/C=C1\Oc3c(ccc(OCC(=O)c4ccc(Br)cc4)c3C)C1=O)cn2C. The van der Waals surface area contributed by atoms with E-state index in [1.54, 1.807) is 37.5 Å². The van der Waals surface area contributed by atoms with Crippen molar-refractivity contribution in [1.82, 2.24) is 4.57 Å². The summed E-state index contributed by atoms with van der Waals surface area (Å²) in [6.07, 6.45) is 3.70. The van der Waals surface area contributed by atoms with Gasteiger partial charge in [-0.1, -0.05) is 28.1 Å². The molecule has 0 spiro atoms. The fourth-order valence-electron chi connectivity index (χ4n) is 4.17. The second-order valence-electron chi connectivity index (χ2n) is 8.30. The maximum absolute atomic E-state index is 13.1. The van der Waals surface area contributed by atoms with Crippen molar-refractivity contribution in [2.45, 2.75) is 6.92 Å². The van der Waals surface area contributed by atoms with E-state index in [0.717, 1.165) is 26.7 Å². The summed E-state index contributed by atoms with van der Waals surface area (Å²) in [5.74, 6) is 1.59. The Morgan fingerprint density at radius 1 is 1.11 bits per heavy atom. The molecular weight excluding hydrogens is 510 g/mol. The normalized spacial score (nSPS) is 13.7. The Hall–Kier alpha value is -3.84. The summed E-state index contributed by atoms with van der Waals surface area (Å²) in [6.45, 7) is 1.70. The van der Waals surface area contributed by atoms with E-state index in [1.807, 2.05) is 55.1 Å². The molecular formula is C28H22BrNO5. The van der Waals surface area contributed by atoms with Gasteiger partial charge in [0.1, 0.15) is 17.2 Å². The molecule has 0 radical (unpaired) electrons. The van der Waals surface area contributed by atoms with Gasteiger partial charge in [-0.2, -0.15) is 0 Å². The lowest BCUT2D eigenvalue weighted by Gasteiger charge is -2.11. The van der Waals surface area contributed by atoms with Crippen molar-refractivity contribution in [2.75, 3.05) is 13.7 Å². The van der Waals surface area contributed by atoms with E-state index in [4.69, 9.17) is 14.2 Å². The lowest BCUT2D eigenvalue weighted by molar-refractivity contribution is 0.0920. The Bertz CT molecular complexity index is 1510. The molecule has 0 N–H and O–H groups in total. The number of carbonyl (C=O) groups excluding carboxylic acids is 2. The number of fused-ring (bicyclic) bond motifs is 2. The van der Waals surface area contributed by atoms with Gasteiger partial charge in [-0.25, -0.2) is 0 Å². The van der Waals surface area contributed by atoms with Gasteiger partial charge in [0.2, 0.25) is 5.78 Å². The Kier molecular flexibility index (Phi) is 5.94. The standard InChI is InChI=1S/C28H22BrNO5/c1-16-25(34-15-24(31)17-4-6-19(29)7-5-17)11-9-21-27(32)26(35-28(16)21)12-18-14-30(2)23-10-8-20(33-3)13-22(18)23/h4-14H,15H2,1-3H3/b26-12-. The molecule has 1 aromatic heterocycles. The number of Topliss-reactive ketones (excluding diaryl/α,β-unsaturated/α-hetero) is 2. The first-order valence-electron chi connectivity index (χ1n) is 11.0. The quantitative estimate of drug-likeness (QED) is 0.221. The van der Waals surface area contributed by atoms with Crippen LogP contribution < -0.4 is 14.2 Å². The zero-order valence-corrected chi connectivity index (χ0v) is 21.0. The first-order chi connectivity index (χ1) is 16.9. The van der Waals surface area contributed by atoms with Crippen LogP contribution in [0.2, 0.25) is 0 Å².